The number of fused-ring (bicyclic) bond motifs is 1. The highest BCUT2D eigenvalue weighted by Crippen LogP contribution is 2.30. The number of aromatic nitrogens is 3. The van der Waals surface area contributed by atoms with Crippen molar-refractivity contribution in [1.82, 2.24) is 15.1 Å². The Balaban J connectivity index is 1.90. The highest BCUT2D eigenvalue weighted by molar-refractivity contribution is 5.87. The van der Waals surface area contributed by atoms with E-state index in [-0.39, 0.29) is 12.3 Å². The number of carboxylic acids is 1. The van der Waals surface area contributed by atoms with Crippen LogP contribution in [-0.2, 0) is 4.79 Å². The molecule has 1 fully saturated rings. The quantitative estimate of drug-likeness (QED) is 0.910. The topological polar surface area (TPSA) is 92.4 Å². The molecule has 3 heterocycles. The van der Waals surface area contributed by atoms with E-state index in [1.807, 2.05) is 6.92 Å². The van der Waals surface area contributed by atoms with Crippen molar-refractivity contribution < 1.29 is 14.4 Å². The lowest BCUT2D eigenvalue weighted by atomic mass is 9.95. The van der Waals surface area contributed by atoms with E-state index in [1.54, 1.807) is 0 Å². The lowest BCUT2D eigenvalue weighted by molar-refractivity contribution is -0.138. The van der Waals surface area contributed by atoms with Crippen LogP contribution in [0.5, 0.6) is 0 Å². The van der Waals surface area contributed by atoms with Gasteiger partial charge in [0, 0.05) is 19.5 Å². The molecule has 1 N–H and O–H groups in total. The molecule has 1 unspecified atom stereocenters. The average molecular weight is 276 g/mol. The summed E-state index contributed by atoms with van der Waals surface area (Å²) in [6, 6.07) is 0. The predicted octanol–water partition coefficient (Wildman–Crippen LogP) is 1.62. The standard InChI is InChI=1S/C13H16N4O3/c1-8-11-12(14-7-15-13(11)20-16-8)17-4-2-3-9(6-17)5-10(18)19/h7,9H,2-6H2,1H3,(H,18,19). The van der Waals surface area contributed by atoms with Crippen molar-refractivity contribution in [3.8, 4) is 0 Å². The summed E-state index contributed by atoms with van der Waals surface area (Å²) in [4.78, 5) is 21.4. The van der Waals surface area contributed by atoms with Gasteiger partial charge in [-0.2, -0.15) is 4.98 Å². The minimum atomic E-state index is -0.745. The minimum Gasteiger partial charge on any atom is -0.481 e. The van der Waals surface area contributed by atoms with Crippen LogP contribution in [0.2, 0.25) is 0 Å². The number of rotatable bonds is 3. The zero-order valence-electron chi connectivity index (χ0n) is 11.2. The third-order valence-electron chi connectivity index (χ3n) is 3.71. The monoisotopic (exact) mass is 276 g/mol. The van der Waals surface area contributed by atoms with Crippen LogP contribution in [0.3, 0.4) is 0 Å². The van der Waals surface area contributed by atoms with Gasteiger partial charge >= 0.3 is 5.97 Å². The van der Waals surface area contributed by atoms with Gasteiger partial charge in [0.05, 0.1) is 5.69 Å². The molecule has 2 aromatic rings. The third kappa shape index (κ3) is 2.31. The van der Waals surface area contributed by atoms with Crippen LogP contribution in [0.15, 0.2) is 10.9 Å². The lowest BCUT2D eigenvalue weighted by Gasteiger charge is -2.33. The van der Waals surface area contributed by atoms with Gasteiger partial charge in [0.15, 0.2) is 0 Å². The molecular weight excluding hydrogens is 260 g/mol. The van der Waals surface area contributed by atoms with E-state index < -0.39 is 5.97 Å². The summed E-state index contributed by atoms with van der Waals surface area (Å²) < 4.78 is 5.15. The van der Waals surface area contributed by atoms with Gasteiger partial charge in [0.25, 0.3) is 5.71 Å². The molecule has 7 nitrogen and oxygen atoms in total. The number of hydrogen-bond acceptors (Lipinski definition) is 6. The maximum Gasteiger partial charge on any atom is 0.303 e. The SMILES string of the molecule is Cc1noc2ncnc(N3CCCC(CC(=O)O)C3)c12. The van der Waals surface area contributed by atoms with Crippen LogP contribution in [0.4, 0.5) is 5.82 Å². The number of carboxylic acid groups (broad SMARTS) is 1. The van der Waals surface area contributed by atoms with Crippen molar-refractivity contribution in [1.29, 1.82) is 0 Å². The number of aryl methyl sites for hydroxylation is 1. The largest absolute Gasteiger partial charge is 0.481 e. The summed E-state index contributed by atoms with van der Waals surface area (Å²) in [6.07, 6.45) is 3.57. The molecule has 1 atom stereocenters. The smallest absolute Gasteiger partial charge is 0.303 e. The minimum absolute atomic E-state index is 0.159. The van der Waals surface area contributed by atoms with Gasteiger partial charge in [-0.25, -0.2) is 4.98 Å². The van der Waals surface area contributed by atoms with Gasteiger partial charge in [-0.05, 0) is 25.7 Å². The fraction of sp³-hybridized carbons (Fsp3) is 0.538. The summed E-state index contributed by atoms with van der Waals surface area (Å²) in [5.74, 6) is 0.209. The molecule has 20 heavy (non-hydrogen) atoms. The van der Waals surface area contributed by atoms with Crippen LogP contribution < -0.4 is 4.90 Å². The number of anilines is 1. The van der Waals surface area contributed by atoms with Crippen molar-refractivity contribution in [2.75, 3.05) is 18.0 Å². The van der Waals surface area contributed by atoms with Crippen molar-refractivity contribution in [3.05, 3.63) is 12.0 Å². The number of piperidine rings is 1. The lowest BCUT2D eigenvalue weighted by Crippen LogP contribution is -2.37. The molecule has 0 aliphatic carbocycles. The molecule has 0 amide bonds. The van der Waals surface area contributed by atoms with Crippen molar-refractivity contribution in [2.24, 2.45) is 5.92 Å². The summed E-state index contributed by atoms with van der Waals surface area (Å²) in [6.45, 7) is 3.42. The molecule has 1 saturated heterocycles. The van der Waals surface area contributed by atoms with Crippen molar-refractivity contribution in [3.63, 3.8) is 0 Å². The first-order valence-corrected chi connectivity index (χ1v) is 6.69. The third-order valence-corrected chi connectivity index (χ3v) is 3.71. The molecule has 1 aliphatic heterocycles. The molecule has 106 valence electrons. The molecule has 0 radical (unpaired) electrons. The van der Waals surface area contributed by atoms with Crippen LogP contribution in [0.1, 0.15) is 25.0 Å². The van der Waals surface area contributed by atoms with Gasteiger partial charge in [-0.1, -0.05) is 5.16 Å². The van der Waals surface area contributed by atoms with Gasteiger partial charge in [0.2, 0.25) is 0 Å². The first-order valence-electron chi connectivity index (χ1n) is 6.69. The molecule has 0 bridgehead atoms. The second-order valence-electron chi connectivity index (χ2n) is 5.20. The predicted molar refractivity (Wildman–Crippen MR) is 71.5 cm³/mol. The Morgan fingerprint density at radius 3 is 3.20 bits per heavy atom. The Hall–Kier alpha value is -2.18. The summed E-state index contributed by atoms with van der Waals surface area (Å²) in [7, 11) is 0. The highest BCUT2D eigenvalue weighted by Gasteiger charge is 2.25. The van der Waals surface area contributed by atoms with Crippen LogP contribution in [0, 0.1) is 12.8 Å². The van der Waals surface area contributed by atoms with Gasteiger partial charge in [-0.15, -0.1) is 0 Å². The van der Waals surface area contributed by atoms with Crippen LogP contribution in [-0.4, -0.2) is 39.3 Å². The van der Waals surface area contributed by atoms with E-state index in [9.17, 15) is 4.79 Å². The summed E-state index contributed by atoms with van der Waals surface area (Å²) >= 11 is 0. The first-order chi connectivity index (χ1) is 9.65. The van der Waals surface area contributed by atoms with Gasteiger partial charge in [-0.3, -0.25) is 4.79 Å². The Morgan fingerprint density at radius 1 is 1.55 bits per heavy atom. The summed E-state index contributed by atoms with van der Waals surface area (Å²) in [5.41, 5.74) is 1.24. The Morgan fingerprint density at radius 2 is 2.40 bits per heavy atom. The molecule has 1 aliphatic rings. The second kappa shape index (κ2) is 5.07. The van der Waals surface area contributed by atoms with Crippen LogP contribution >= 0.6 is 0 Å². The Kier molecular flexibility index (Phi) is 3.25. The second-order valence-corrected chi connectivity index (χ2v) is 5.20. The van der Waals surface area contributed by atoms with Crippen molar-refractivity contribution >= 4 is 22.9 Å². The molecule has 0 saturated carbocycles. The maximum absolute atomic E-state index is 10.9. The molecule has 7 heteroatoms. The van der Waals surface area contributed by atoms with E-state index in [1.165, 1.54) is 6.33 Å². The van der Waals surface area contributed by atoms with E-state index in [2.05, 4.69) is 20.0 Å². The summed E-state index contributed by atoms with van der Waals surface area (Å²) in [5, 5.41) is 13.7. The zero-order chi connectivity index (χ0) is 14.1. The number of nitrogens with zero attached hydrogens (tertiary/aromatic N) is 4. The number of aliphatic carboxylic acids is 1. The molecule has 0 aromatic carbocycles. The Bertz CT molecular complexity index is 640. The zero-order valence-corrected chi connectivity index (χ0v) is 11.2. The number of hydrogen-bond donors (Lipinski definition) is 1. The van der Waals surface area contributed by atoms with E-state index in [0.29, 0.717) is 12.3 Å². The van der Waals surface area contributed by atoms with E-state index in [0.717, 1.165) is 36.3 Å². The van der Waals surface area contributed by atoms with Crippen LogP contribution in [0.25, 0.3) is 11.1 Å². The van der Waals surface area contributed by atoms with Crippen molar-refractivity contribution in [2.45, 2.75) is 26.2 Å². The molecule has 2 aromatic heterocycles. The molecule has 0 spiro atoms. The van der Waals surface area contributed by atoms with E-state index in [4.69, 9.17) is 9.63 Å². The van der Waals surface area contributed by atoms with E-state index >= 15 is 0 Å². The fourth-order valence-corrected chi connectivity index (χ4v) is 2.81. The Labute approximate surface area is 115 Å². The highest BCUT2D eigenvalue weighted by atomic mass is 16.5. The first kappa shape index (κ1) is 12.8. The number of carbonyl (C=O) groups is 1. The molecular formula is C13H16N4O3. The molecule has 3 rings (SSSR count). The van der Waals surface area contributed by atoms with Gasteiger partial charge < -0.3 is 14.5 Å². The van der Waals surface area contributed by atoms with Gasteiger partial charge in [0.1, 0.15) is 17.5 Å². The fourth-order valence-electron chi connectivity index (χ4n) is 2.81. The average Bonchev–Trinajstić information content (AvgIpc) is 2.80. The normalized spacial score (nSPS) is 19.4. The maximum atomic E-state index is 10.9.